The summed E-state index contributed by atoms with van der Waals surface area (Å²) >= 11 is 0. The molecule has 12 heteroatoms. The minimum absolute atomic E-state index is 0.141. The number of anilines is 1. The van der Waals surface area contributed by atoms with E-state index in [1.54, 1.807) is 54.9 Å². The monoisotopic (exact) mass is 595 g/mol. The Hall–Kier alpha value is -3.73. The first kappa shape index (κ1) is 31.2. The molecule has 0 saturated heterocycles. The first-order valence-electron chi connectivity index (χ1n) is 13.5. The predicted octanol–water partition coefficient (Wildman–Crippen LogP) is 6.14. The second-order valence-electron chi connectivity index (χ2n) is 9.63. The van der Waals surface area contributed by atoms with Crippen molar-refractivity contribution in [3.05, 3.63) is 79.2 Å². The van der Waals surface area contributed by atoms with Crippen molar-refractivity contribution in [3.63, 3.8) is 0 Å². The van der Waals surface area contributed by atoms with Gasteiger partial charge in [0.05, 0.1) is 13.2 Å². The van der Waals surface area contributed by atoms with Crippen molar-refractivity contribution in [2.75, 3.05) is 45.8 Å². The Labute approximate surface area is 245 Å². The highest BCUT2D eigenvalue weighted by atomic mass is 31.2. The zero-order valence-electron chi connectivity index (χ0n) is 24.4. The van der Waals surface area contributed by atoms with Gasteiger partial charge >= 0.3 is 7.82 Å². The number of nitrogens with zero attached hydrogens (tertiary/aromatic N) is 5. The summed E-state index contributed by atoms with van der Waals surface area (Å²) in [5, 5.41) is 0.714. The van der Waals surface area contributed by atoms with Gasteiger partial charge in [0.15, 0.2) is 0 Å². The lowest BCUT2D eigenvalue weighted by molar-refractivity contribution is -0.113. The summed E-state index contributed by atoms with van der Waals surface area (Å²) < 4.78 is 44.8. The summed E-state index contributed by atoms with van der Waals surface area (Å²) in [6.45, 7) is 4.19. The molecule has 4 rings (SSSR count). The third kappa shape index (κ3) is 7.56. The normalized spacial score (nSPS) is 12.1. The first-order chi connectivity index (χ1) is 20.1. The molecule has 10 nitrogen and oxygen atoms in total. The van der Waals surface area contributed by atoms with E-state index >= 15 is 0 Å². The number of amides is 1. The molecule has 1 aromatic carbocycles. The standard InChI is InChI=1S/C30H35FN5O5P/c1-6-39-42(38,40-7-2)41-21-36-20-27(23-13-14-32-28(31)18-23)26-17-24(19-33-30(26)36)22-10-8-11-25(16-22)35(5)29(37)12-9-15-34(3)4/h8-14,16-20H,6-7,15,21H2,1-5H3/b12-9+. The Balaban J connectivity index is 1.72. The minimum atomic E-state index is -3.78. The summed E-state index contributed by atoms with van der Waals surface area (Å²) in [4.78, 5) is 24.6. The van der Waals surface area contributed by atoms with Crippen LogP contribution in [0.3, 0.4) is 0 Å². The maximum atomic E-state index is 14.1. The number of aromatic nitrogens is 3. The van der Waals surface area contributed by atoms with Gasteiger partial charge in [-0.3, -0.25) is 18.4 Å². The highest BCUT2D eigenvalue weighted by molar-refractivity contribution is 7.48. The molecule has 222 valence electrons. The second kappa shape index (κ2) is 14.0. The SMILES string of the molecule is CCOP(=O)(OCC)OCn1cc(-c2ccnc(F)c2)c2cc(-c3cccc(N(C)C(=O)/C=C/CN(C)C)c3)cnc21. The predicted molar refractivity (Wildman–Crippen MR) is 161 cm³/mol. The highest BCUT2D eigenvalue weighted by Gasteiger charge is 2.26. The molecule has 42 heavy (non-hydrogen) atoms. The molecule has 0 radical (unpaired) electrons. The Bertz CT molecular complexity index is 1610. The number of phosphoric ester groups is 1. The number of rotatable bonds is 13. The molecule has 0 spiro atoms. The number of pyridine rings is 2. The number of carbonyl (C=O) groups excluding carboxylic acids is 1. The third-order valence-electron chi connectivity index (χ3n) is 6.31. The average molecular weight is 596 g/mol. The molecule has 0 fully saturated rings. The molecule has 4 aromatic rings. The van der Waals surface area contributed by atoms with E-state index in [1.807, 2.05) is 55.4 Å². The van der Waals surface area contributed by atoms with Crippen molar-refractivity contribution in [1.82, 2.24) is 19.4 Å². The smallest absolute Gasteiger partial charge is 0.312 e. The lowest BCUT2D eigenvalue weighted by Gasteiger charge is -2.17. The van der Waals surface area contributed by atoms with Gasteiger partial charge < -0.3 is 14.4 Å². The van der Waals surface area contributed by atoms with Crippen molar-refractivity contribution < 1.29 is 27.3 Å². The molecular formula is C30H35FN5O5P. The number of hydrogen-bond acceptors (Lipinski definition) is 8. The zero-order chi connectivity index (χ0) is 30.3. The maximum Gasteiger partial charge on any atom is 0.476 e. The van der Waals surface area contributed by atoms with E-state index < -0.39 is 13.8 Å². The molecule has 0 atom stereocenters. The average Bonchev–Trinajstić information content (AvgIpc) is 3.34. The Morgan fingerprint density at radius 3 is 2.45 bits per heavy atom. The largest absolute Gasteiger partial charge is 0.476 e. The van der Waals surface area contributed by atoms with E-state index in [2.05, 4.69) is 4.98 Å². The summed E-state index contributed by atoms with van der Waals surface area (Å²) in [5.74, 6) is -0.760. The van der Waals surface area contributed by atoms with Crippen molar-refractivity contribution >= 4 is 30.5 Å². The fourth-order valence-corrected chi connectivity index (χ4v) is 5.41. The van der Waals surface area contributed by atoms with Crippen molar-refractivity contribution in [3.8, 4) is 22.3 Å². The molecule has 3 aromatic heterocycles. The number of benzene rings is 1. The van der Waals surface area contributed by atoms with E-state index in [4.69, 9.17) is 18.6 Å². The number of hydrogen-bond donors (Lipinski definition) is 0. The van der Waals surface area contributed by atoms with E-state index in [0.29, 0.717) is 28.7 Å². The topological polar surface area (TPSA) is 99.0 Å². The first-order valence-corrected chi connectivity index (χ1v) is 14.9. The summed E-state index contributed by atoms with van der Waals surface area (Å²) in [6, 6.07) is 12.6. The molecule has 0 unspecified atom stereocenters. The third-order valence-corrected chi connectivity index (χ3v) is 7.89. The van der Waals surface area contributed by atoms with Crippen LogP contribution in [0.2, 0.25) is 0 Å². The van der Waals surface area contributed by atoms with Crippen molar-refractivity contribution in [2.24, 2.45) is 0 Å². The van der Waals surface area contributed by atoms with Crippen molar-refractivity contribution in [2.45, 2.75) is 20.6 Å². The number of phosphoric acid groups is 1. The quantitative estimate of drug-likeness (QED) is 0.103. The summed E-state index contributed by atoms with van der Waals surface area (Å²) in [5.41, 5.74) is 4.15. The molecule has 0 aliphatic rings. The van der Waals surface area contributed by atoms with Gasteiger partial charge in [0.2, 0.25) is 11.9 Å². The van der Waals surface area contributed by atoms with Crippen LogP contribution >= 0.6 is 7.82 Å². The van der Waals surface area contributed by atoms with Gasteiger partial charge in [-0.1, -0.05) is 18.2 Å². The molecule has 0 aliphatic carbocycles. The Kier molecular flexibility index (Phi) is 10.4. The van der Waals surface area contributed by atoms with Crippen LogP contribution in [-0.2, 0) is 29.7 Å². The summed E-state index contributed by atoms with van der Waals surface area (Å²) in [6.07, 6.45) is 8.23. The van der Waals surface area contributed by atoms with E-state index in [1.165, 1.54) is 12.3 Å². The number of likely N-dealkylation sites (N-methyl/N-ethyl adjacent to an activating group) is 2. The maximum absolute atomic E-state index is 14.1. The fourth-order valence-electron chi connectivity index (χ4n) is 4.29. The van der Waals surface area contributed by atoms with Gasteiger partial charge in [-0.05, 0) is 63.3 Å². The van der Waals surface area contributed by atoms with E-state index in [-0.39, 0.29) is 25.9 Å². The van der Waals surface area contributed by atoms with Gasteiger partial charge in [-0.15, -0.1) is 0 Å². The van der Waals surface area contributed by atoms with Gasteiger partial charge in [0.1, 0.15) is 12.4 Å². The van der Waals surface area contributed by atoms with Gasteiger partial charge in [0.25, 0.3) is 0 Å². The van der Waals surface area contributed by atoms with Crippen LogP contribution in [0.1, 0.15) is 13.8 Å². The van der Waals surface area contributed by atoms with Crippen LogP contribution in [-0.4, -0.2) is 66.2 Å². The van der Waals surface area contributed by atoms with Crippen LogP contribution in [0, 0.1) is 5.95 Å². The molecule has 1 amide bonds. The molecule has 0 N–H and O–H groups in total. The molecule has 0 aliphatic heterocycles. The van der Waals surface area contributed by atoms with E-state index in [0.717, 1.165) is 16.8 Å². The van der Waals surface area contributed by atoms with Crippen LogP contribution in [0.25, 0.3) is 33.3 Å². The molecule has 0 saturated carbocycles. The number of carbonyl (C=O) groups is 1. The number of halogens is 1. The molecule has 0 bridgehead atoms. The minimum Gasteiger partial charge on any atom is -0.312 e. The van der Waals surface area contributed by atoms with Crippen LogP contribution < -0.4 is 4.90 Å². The number of fused-ring (bicyclic) bond motifs is 1. The molecular weight excluding hydrogens is 560 g/mol. The van der Waals surface area contributed by atoms with Crippen LogP contribution in [0.4, 0.5) is 10.1 Å². The van der Waals surface area contributed by atoms with Crippen LogP contribution in [0.15, 0.2) is 73.2 Å². The van der Waals surface area contributed by atoms with E-state index in [9.17, 15) is 13.8 Å². The second-order valence-corrected chi connectivity index (χ2v) is 11.3. The molecule has 3 heterocycles. The Morgan fingerprint density at radius 1 is 1.00 bits per heavy atom. The summed E-state index contributed by atoms with van der Waals surface area (Å²) in [7, 11) is 1.81. The zero-order valence-corrected chi connectivity index (χ0v) is 25.3. The fraction of sp³-hybridized carbons (Fsp3) is 0.300. The van der Waals surface area contributed by atoms with Crippen molar-refractivity contribution in [1.29, 1.82) is 0 Å². The van der Waals surface area contributed by atoms with Gasteiger partial charge in [0, 0.05) is 66.5 Å². The lowest BCUT2D eigenvalue weighted by Crippen LogP contribution is -2.24. The lowest BCUT2D eigenvalue weighted by atomic mass is 10.0. The van der Waals surface area contributed by atoms with Gasteiger partial charge in [-0.25, -0.2) is 14.5 Å². The van der Waals surface area contributed by atoms with Crippen LogP contribution in [0.5, 0.6) is 0 Å². The highest BCUT2D eigenvalue weighted by Crippen LogP contribution is 2.49. The Morgan fingerprint density at radius 2 is 1.76 bits per heavy atom. The van der Waals surface area contributed by atoms with Gasteiger partial charge in [-0.2, -0.15) is 4.39 Å².